The zero-order chi connectivity index (χ0) is 8.10. The lowest BCUT2D eigenvalue weighted by Gasteiger charge is -2.03. The van der Waals surface area contributed by atoms with E-state index in [-0.39, 0.29) is 0 Å². The first kappa shape index (κ1) is 8.01. The van der Waals surface area contributed by atoms with E-state index in [0.29, 0.717) is 0 Å². The maximum Gasteiger partial charge on any atom is 0.0390 e. The van der Waals surface area contributed by atoms with Gasteiger partial charge in [0.05, 0.1) is 0 Å². The maximum absolute atomic E-state index is 5.68. The molecule has 0 atom stereocenters. The van der Waals surface area contributed by atoms with Crippen LogP contribution in [0, 0.1) is 0 Å². The Morgan fingerprint density at radius 3 is 3.09 bits per heavy atom. The van der Waals surface area contributed by atoms with E-state index in [0.717, 1.165) is 24.3 Å². The van der Waals surface area contributed by atoms with Crippen LogP contribution in [-0.4, -0.2) is 11.5 Å². The molecule has 1 rings (SSSR count). The van der Waals surface area contributed by atoms with Crippen molar-refractivity contribution in [1.82, 2.24) is 10.3 Å². The second-order valence-corrected chi connectivity index (χ2v) is 2.35. The Morgan fingerprint density at radius 1 is 1.64 bits per heavy atom. The van der Waals surface area contributed by atoms with Crippen molar-refractivity contribution < 1.29 is 0 Å². The molecule has 1 aromatic rings. The summed E-state index contributed by atoms with van der Waals surface area (Å²) >= 11 is 0. The van der Waals surface area contributed by atoms with Crippen molar-refractivity contribution in [3.05, 3.63) is 24.0 Å². The number of nitrogens with two attached hydrogens (primary N) is 1. The number of hydrogen-bond acceptors (Lipinski definition) is 3. The van der Waals surface area contributed by atoms with Crippen LogP contribution in [0.4, 0.5) is 5.69 Å². The van der Waals surface area contributed by atoms with Gasteiger partial charge in [0.2, 0.25) is 0 Å². The largest absolute Gasteiger partial charge is 0.398 e. The fourth-order valence-corrected chi connectivity index (χ4v) is 0.845. The molecule has 11 heavy (non-hydrogen) atoms. The summed E-state index contributed by atoms with van der Waals surface area (Å²) < 4.78 is 0. The van der Waals surface area contributed by atoms with Crippen molar-refractivity contribution in [2.24, 2.45) is 0 Å². The Hall–Kier alpha value is -1.09. The van der Waals surface area contributed by atoms with Crippen molar-refractivity contribution in [1.29, 1.82) is 0 Å². The number of anilines is 1. The van der Waals surface area contributed by atoms with E-state index in [4.69, 9.17) is 5.73 Å². The summed E-state index contributed by atoms with van der Waals surface area (Å²) in [5.41, 5.74) is 7.55. The Balaban J connectivity index is 2.62. The molecular formula is C8H13N3. The first-order valence-corrected chi connectivity index (χ1v) is 3.73. The van der Waals surface area contributed by atoms with Crippen LogP contribution in [0.15, 0.2) is 18.5 Å². The molecule has 0 aliphatic rings. The molecule has 0 radical (unpaired) electrons. The molecule has 0 amide bonds. The van der Waals surface area contributed by atoms with Crippen molar-refractivity contribution in [3.63, 3.8) is 0 Å². The Labute approximate surface area is 66.6 Å². The van der Waals surface area contributed by atoms with Crippen molar-refractivity contribution in [3.8, 4) is 0 Å². The van der Waals surface area contributed by atoms with E-state index in [9.17, 15) is 0 Å². The fourth-order valence-electron chi connectivity index (χ4n) is 0.845. The topological polar surface area (TPSA) is 50.9 Å². The molecule has 3 heteroatoms. The van der Waals surface area contributed by atoms with Gasteiger partial charge in [-0.05, 0) is 12.6 Å². The lowest BCUT2D eigenvalue weighted by molar-refractivity contribution is 0.726. The Morgan fingerprint density at radius 2 is 2.45 bits per heavy atom. The number of aromatic nitrogens is 1. The van der Waals surface area contributed by atoms with Gasteiger partial charge in [-0.25, -0.2) is 0 Å². The predicted molar refractivity (Wildman–Crippen MR) is 46.0 cm³/mol. The Kier molecular flexibility index (Phi) is 2.86. The number of nitrogens with zero attached hydrogens (tertiary/aromatic N) is 1. The van der Waals surface area contributed by atoms with Crippen LogP contribution in [-0.2, 0) is 6.54 Å². The van der Waals surface area contributed by atoms with Crippen molar-refractivity contribution in [2.45, 2.75) is 13.5 Å². The Bertz CT molecular complexity index is 222. The molecule has 0 aromatic carbocycles. The van der Waals surface area contributed by atoms with Gasteiger partial charge in [0.1, 0.15) is 0 Å². The minimum absolute atomic E-state index is 0.802. The zero-order valence-electron chi connectivity index (χ0n) is 6.67. The van der Waals surface area contributed by atoms with Crippen molar-refractivity contribution in [2.75, 3.05) is 12.3 Å². The second kappa shape index (κ2) is 3.93. The van der Waals surface area contributed by atoms with E-state index in [1.54, 1.807) is 12.4 Å². The third-order valence-corrected chi connectivity index (χ3v) is 1.51. The molecule has 0 bridgehead atoms. The molecule has 0 unspecified atom stereocenters. The van der Waals surface area contributed by atoms with E-state index >= 15 is 0 Å². The SMILES string of the molecule is CCNCc1cnccc1N. The molecule has 60 valence electrons. The highest BCUT2D eigenvalue weighted by Gasteiger charge is 1.95. The highest BCUT2D eigenvalue weighted by Crippen LogP contribution is 2.06. The molecule has 0 aliphatic carbocycles. The van der Waals surface area contributed by atoms with Gasteiger partial charge in [0, 0.05) is 30.2 Å². The minimum atomic E-state index is 0.802. The van der Waals surface area contributed by atoms with E-state index in [1.165, 1.54) is 0 Å². The number of nitrogen functional groups attached to an aromatic ring is 1. The van der Waals surface area contributed by atoms with Gasteiger partial charge < -0.3 is 11.1 Å². The normalized spacial score (nSPS) is 9.91. The van der Waals surface area contributed by atoms with Gasteiger partial charge in [-0.3, -0.25) is 4.98 Å². The number of rotatable bonds is 3. The summed E-state index contributed by atoms with van der Waals surface area (Å²) in [5.74, 6) is 0. The third kappa shape index (κ3) is 2.20. The highest BCUT2D eigenvalue weighted by atomic mass is 14.8. The highest BCUT2D eigenvalue weighted by molar-refractivity contribution is 5.43. The summed E-state index contributed by atoms with van der Waals surface area (Å²) in [6.07, 6.45) is 3.49. The van der Waals surface area contributed by atoms with E-state index in [2.05, 4.69) is 17.2 Å². The molecule has 0 spiro atoms. The fraction of sp³-hybridized carbons (Fsp3) is 0.375. The minimum Gasteiger partial charge on any atom is -0.398 e. The van der Waals surface area contributed by atoms with E-state index < -0.39 is 0 Å². The van der Waals surface area contributed by atoms with Gasteiger partial charge in [0.25, 0.3) is 0 Å². The molecule has 1 heterocycles. The van der Waals surface area contributed by atoms with Crippen molar-refractivity contribution >= 4 is 5.69 Å². The number of nitrogens with one attached hydrogen (secondary N) is 1. The van der Waals surface area contributed by atoms with Crippen LogP contribution in [0.2, 0.25) is 0 Å². The number of pyridine rings is 1. The molecule has 1 aromatic heterocycles. The van der Waals surface area contributed by atoms with Gasteiger partial charge in [-0.1, -0.05) is 6.92 Å². The summed E-state index contributed by atoms with van der Waals surface area (Å²) in [4.78, 5) is 3.98. The lowest BCUT2D eigenvalue weighted by atomic mass is 10.2. The molecule has 0 aliphatic heterocycles. The van der Waals surface area contributed by atoms with Crippen LogP contribution < -0.4 is 11.1 Å². The summed E-state index contributed by atoms with van der Waals surface area (Å²) in [5, 5.41) is 3.19. The maximum atomic E-state index is 5.68. The summed E-state index contributed by atoms with van der Waals surface area (Å²) in [7, 11) is 0. The van der Waals surface area contributed by atoms with Crippen LogP contribution in [0.5, 0.6) is 0 Å². The summed E-state index contributed by atoms with van der Waals surface area (Å²) in [6, 6.07) is 1.81. The molecule has 0 fully saturated rings. The zero-order valence-corrected chi connectivity index (χ0v) is 6.67. The second-order valence-electron chi connectivity index (χ2n) is 2.35. The quantitative estimate of drug-likeness (QED) is 0.671. The average Bonchev–Trinajstić information content (AvgIpc) is 2.03. The number of hydrogen-bond donors (Lipinski definition) is 2. The average molecular weight is 151 g/mol. The standard InChI is InChI=1S/C8H13N3/c1-2-10-5-7-6-11-4-3-8(7)9/h3-4,6,10H,2,5H2,1H3,(H2,9,11). The van der Waals surface area contributed by atoms with Gasteiger partial charge in [-0.15, -0.1) is 0 Å². The van der Waals surface area contributed by atoms with Crippen LogP contribution in [0.25, 0.3) is 0 Å². The summed E-state index contributed by atoms with van der Waals surface area (Å²) in [6.45, 7) is 3.82. The third-order valence-electron chi connectivity index (χ3n) is 1.51. The first-order chi connectivity index (χ1) is 5.34. The monoisotopic (exact) mass is 151 g/mol. The van der Waals surface area contributed by atoms with Gasteiger partial charge in [0.15, 0.2) is 0 Å². The van der Waals surface area contributed by atoms with Crippen LogP contribution in [0.1, 0.15) is 12.5 Å². The molecule has 0 saturated carbocycles. The lowest BCUT2D eigenvalue weighted by Crippen LogP contribution is -2.13. The van der Waals surface area contributed by atoms with Gasteiger partial charge in [-0.2, -0.15) is 0 Å². The predicted octanol–water partition coefficient (Wildman–Crippen LogP) is 0.773. The first-order valence-electron chi connectivity index (χ1n) is 3.73. The molecule has 3 N–H and O–H groups in total. The van der Waals surface area contributed by atoms with Crippen LogP contribution >= 0.6 is 0 Å². The smallest absolute Gasteiger partial charge is 0.0390 e. The van der Waals surface area contributed by atoms with Crippen LogP contribution in [0.3, 0.4) is 0 Å². The molecule has 3 nitrogen and oxygen atoms in total. The molecular weight excluding hydrogens is 138 g/mol. The van der Waals surface area contributed by atoms with Gasteiger partial charge >= 0.3 is 0 Å². The molecule has 0 saturated heterocycles. The van der Waals surface area contributed by atoms with E-state index in [1.807, 2.05) is 6.07 Å².